The normalized spacial score (nSPS) is 12.4. The van der Waals surface area contributed by atoms with E-state index in [2.05, 4.69) is 21.9 Å². The van der Waals surface area contributed by atoms with Crippen molar-refractivity contribution in [3.63, 3.8) is 0 Å². The van der Waals surface area contributed by atoms with Crippen LogP contribution in [0.25, 0.3) is 0 Å². The van der Waals surface area contributed by atoms with E-state index in [9.17, 15) is 19.5 Å². The van der Waals surface area contributed by atoms with Crippen molar-refractivity contribution in [1.29, 1.82) is 0 Å². The third kappa shape index (κ3) is 9.72. The highest BCUT2D eigenvalue weighted by Crippen LogP contribution is 2.05. The van der Waals surface area contributed by atoms with Crippen LogP contribution in [0.2, 0.25) is 0 Å². The van der Waals surface area contributed by atoms with Gasteiger partial charge in [0.1, 0.15) is 12.6 Å². The van der Waals surface area contributed by atoms with E-state index in [1.807, 2.05) is 30.3 Å². The molecule has 0 unspecified atom stereocenters. The number of hydrogen-bond donors (Lipinski definition) is 3. The van der Waals surface area contributed by atoms with E-state index < -0.39 is 30.1 Å². The number of allylic oxidation sites excluding steroid dienone is 1. The van der Waals surface area contributed by atoms with Gasteiger partial charge in [0.05, 0.1) is 19.6 Å². The summed E-state index contributed by atoms with van der Waals surface area (Å²) in [5.41, 5.74) is 0.836. The quantitative estimate of drug-likeness (QED) is 0.283. The predicted octanol–water partition coefficient (Wildman–Crippen LogP) is 1.68. The Hall–Kier alpha value is -2.87. The van der Waals surface area contributed by atoms with Crippen LogP contribution >= 0.6 is 0 Å². The van der Waals surface area contributed by atoms with Crippen LogP contribution in [0.4, 0.5) is 4.79 Å². The van der Waals surface area contributed by atoms with Crippen LogP contribution in [0, 0.1) is 0 Å². The fourth-order valence-corrected chi connectivity index (χ4v) is 2.37. The first-order valence-corrected chi connectivity index (χ1v) is 9.07. The number of esters is 1. The van der Waals surface area contributed by atoms with Crippen LogP contribution in [0.5, 0.6) is 0 Å². The number of ether oxygens (including phenoxy) is 2. The minimum Gasteiger partial charge on any atom is -0.467 e. The molecule has 0 saturated heterocycles. The SMILES string of the molecule is C=CCCC[C@@H](NC(=O)C[C@@H](O)CNC(=O)OCc1ccccc1)C(=O)OC. The third-order valence-corrected chi connectivity index (χ3v) is 3.84. The highest BCUT2D eigenvalue weighted by Gasteiger charge is 2.22. The van der Waals surface area contributed by atoms with Crippen molar-refractivity contribution >= 4 is 18.0 Å². The van der Waals surface area contributed by atoms with Gasteiger partial charge in [-0.2, -0.15) is 0 Å². The van der Waals surface area contributed by atoms with Gasteiger partial charge in [-0.1, -0.05) is 36.4 Å². The zero-order valence-corrected chi connectivity index (χ0v) is 16.1. The molecule has 0 fully saturated rings. The van der Waals surface area contributed by atoms with Crippen molar-refractivity contribution in [2.45, 2.75) is 44.4 Å². The van der Waals surface area contributed by atoms with Crippen LogP contribution in [0.15, 0.2) is 43.0 Å². The van der Waals surface area contributed by atoms with Gasteiger partial charge in [0.25, 0.3) is 0 Å². The molecule has 2 atom stereocenters. The molecule has 1 rings (SSSR count). The Bertz CT molecular complexity index is 635. The van der Waals surface area contributed by atoms with Crippen molar-refractivity contribution in [2.24, 2.45) is 0 Å². The molecule has 0 aliphatic rings. The Morgan fingerprint density at radius 3 is 2.61 bits per heavy atom. The lowest BCUT2D eigenvalue weighted by molar-refractivity contribution is -0.145. The van der Waals surface area contributed by atoms with Crippen LogP contribution in [0.3, 0.4) is 0 Å². The van der Waals surface area contributed by atoms with Crippen molar-refractivity contribution in [1.82, 2.24) is 10.6 Å². The highest BCUT2D eigenvalue weighted by molar-refractivity contribution is 5.84. The minimum atomic E-state index is -1.12. The van der Waals surface area contributed by atoms with Crippen molar-refractivity contribution in [3.8, 4) is 0 Å². The van der Waals surface area contributed by atoms with Gasteiger partial charge < -0.3 is 25.2 Å². The van der Waals surface area contributed by atoms with Gasteiger partial charge in [-0.05, 0) is 24.8 Å². The summed E-state index contributed by atoms with van der Waals surface area (Å²) in [4.78, 5) is 35.4. The van der Waals surface area contributed by atoms with Crippen molar-refractivity contribution in [3.05, 3.63) is 48.6 Å². The molecule has 1 aromatic carbocycles. The molecule has 0 aliphatic carbocycles. The second kappa shape index (κ2) is 13.3. The van der Waals surface area contributed by atoms with Gasteiger partial charge in [-0.3, -0.25) is 4.79 Å². The topological polar surface area (TPSA) is 114 Å². The molecule has 3 N–H and O–H groups in total. The first-order chi connectivity index (χ1) is 13.5. The smallest absolute Gasteiger partial charge is 0.407 e. The molecular formula is C20H28N2O6. The number of carbonyl (C=O) groups is 3. The molecule has 28 heavy (non-hydrogen) atoms. The lowest BCUT2D eigenvalue weighted by atomic mass is 10.1. The molecule has 0 bridgehead atoms. The van der Waals surface area contributed by atoms with E-state index >= 15 is 0 Å². The number of rotatable bonds is 12. The van der Waals surface area contributed by atoms with E-state index in [1.54, 1.807) is 6.08 Å². The monoisotopic (exact) mass is 392 g/mol. The largest absolute Gasteiger partial charge is 0.467 e. The van der Waals surface area contributed by atoms with Crippen molar-refractivity contribution in [2.75, 3.05) is 13.7 Å². The van der Waals surface area contributed by atoms with Gasteiger partial charge in [0.15, 0.2) is 0 Å². The zero-order chi connectivity index (χ0) is 20.8. The molecule has 1 aromatic rings. The van der Waals surface area contributed by atoms with Gasteiger partial charge in [-0.25, -0.2) is 9.59 Å². The van der Waals surface area contributed by atoms with Crippen LogP contribution < -0.4 is 10.6 Å². The van der Waals surface area contributed by atoms with Gasteiger partial charge in [0.2, 0.25) is 5.91 Å². The first kappa shape index (κ1) is 23.2. The maximum absolute atomic E-state index is 12.0. The highest BCUT2D eigenvalue weighted by atomic mass is 16.5. The third-order valence-electron chi connectivity index (χ3n) is 3.84. The Labute approximate surface area is 164 Å². The fourth-order valence-electron chi connectivity index (χ4n) is 2.37. The number of unbranched alkanes of at least 4 members (excludes halogenated alkanes) is 1. The van der Waals surface area contributed by atoms with Crippen LogP contribution in [0.1, 0.15) is 31.2 Å². The molecule has 154 valence electrons. The number of alkyl carbamates (subject to hydrolysis) is 1. The zero-order valence-electron chi connectivity index (χ0n) is 16.1. The average Bonchev–Trinajstić information content (AvgIpc) is 2.70. The van der Waals surface area contributed by atoms with E-state index in [0.717, 1.165) is 5.56 Å². The van der Waals surface area contributed by atoms with Gasteiger partial charge in [-0.15, -0.1) is 6.58 Å². The number of carbonyl (C=O) groups excluding carboxylic acids is 3. The molecule has 8 nitrogen and oxygen atoms in total. The fraction of sp³-hybridized carbons (Fsp3) is 0.450. The van der Waals surface area contributed by atoms with E-state index in [1.165, 1.54) is 7.11 Å². The first-order valence-electron chi connectivity index (χ1n) is 9.07. The Balaban J connectivity index is 2.32. The number of aliphatic hydroxyl groups excluding tert-OH is 1. The van der Waals surface area contributed by atoms with Crippen LogP contribution in [-0.4, -0.2) is 48.9 Å². The molecule has 0 heterocycles. The summed E-state index contributed by atoms with van der Waals surface area (Å²) in [6.45, 7) is 3.56. The molecule has 0 aliphatic heterocycles. The van der Waals surface area contributed by atoms with E-state index in [-0.39, 0.29) is 19.6 Å². The lowest BCUT2D eigenvalue weighted by Crippen LogP contribution is -2.43. The molecule has 2 amide bonds. The Morgan fingerprint density at radius 2 is 1.96 bits per heavy atom. The average molecular weight is 392 g/mol. The number of amides is 2. The van der Waals surface area contributed by atoms with E-state index in [4.69, 9.17) is 4.74 Å². The standard InChI is InChI=1S/C20H28N2O6/c1-3-4-6-11-17(19(25)27-2)22-18(24)12-16(23)13-21-20(26)28-14-15-9-7-5-8-10-15/h3,5,7-10,16-17,23H,1,4,6,11-14H2,2H3,(H,21,26)(H,22,24)/t16-,17-/m1/s1. The predicted molar refractivity (Wildman–Crippen MR) is 103 cm³/mol. The summed E-state index contributed by atoms with van der Waals surface area (Å²) in [6, 6.07) is 8.37. The molecule has 0 saturated carbocycles. The van der Waals surface area contributed by atoms with Crippen LogP contribution in [-0.2, 0) is 25.7 Å². The van der Waals surface area contributed by atoms with Gasteiger partial charge in [0, 0.05) is 6.54 Å². The summed E-state index contributed by atoms with van der Waals surface area (Å²) in [5.74, 6) is -1.06. The Morgan fingerprint density at radius 1 is 1.25 bits per heavy atom. The summed E-state index contributed by atoms with van der Waals surface area (Å²) in [6.07, 6.45) is 1.43. The number of benzene rings is 1. The summed E-state index contributed by atoms with van der Waals surface area (Å²) < 4.78 is 9.69. The molecule has 0 aromatic heterocycles. The summed E-state index contributed by atoms with van der Waals surface area (Å²) in [7, 11) is 1.24. The molecule has 8 heteroatoms. The second-order valence-electron chi connectivity index (χ2n) is 6.16. The number of aliphatic hydroxyl groups is 1. The second-order valence-corrected chi connectivity index (χ2v) is 6.16. The Kier molecular flexibility index (Phi) is 11.0. The number of methoxy groups -OCH3 is 1. The molecule has 0 radical (unpaired) electrons. The van der Waals surface area contributed by atoms with E-state index in [0.29, 0.717) is 19.3 Å². The molecule has 0 spiro atoms. The lowest BCUT2D eigenvalue weighted by Gasteiger charge is -2.17. The number of hydrogen-bond acceptors (Lipinski definition) is 6. The summed E-state index contributed by atoms with van der Waals surface area (Å²) >= 11 is 0. The minimum absolute atomic E-state index is 0.106. The molecular weight excluding hydrogens is 364 g/mol. The number of nitrogens with one attached hydrogen (secondary N) is 2. The summed E-state index contributed by atoms with van der Waals surface area (Å²) in [5, 5.41) is 14.8. The van der Waals surface area contributed by atoms with Crippen molar-refractivity contribution < 1.29 is 29.0 Å². The maximum Gasteiger partial charge on any atom is 0.407 e. The van der Waals surface area contributed by atoms with Gasteiger partial charge >= 0.3 is 12.1 Å². The maximum atomic E-state index is 12.0.